The van der Waals surface area contributed by atoms with Gasteiger partial charge in [0, 0.05) is 19.0 Å². The van der Waals surface area contributed by atoms with Crippen molar-refractivity contribution in [3.05, 3.63) is 0 Å². The molecule has 1 N–H and O–H groups in total. The van der Waals surface area contributed by atoms with E-state index in [1.807, 2.05) is 4.90 Å². The zero-order chi connectivity index (χ0) is 13.3. The number of aliphatic carboxylic acids is 1. The van der Waals surface area contributed by atoms with Gasteiger partial charge in [0.05, 0.1) is 18.6 Å². The van der Waals surface area contributed by atoms with Crippen LogP contribution in [0.4, 0.5) is 0 Å². The molecule has 2 aliphatic heterocycles. The maximum absolute atomic E-state index is 12.7. The van der Waals surface area contributed by atoms with Gasteiger partial charge in [-0.25, -0.2) is 0 Å². The summed E-state index contributed by atoms with van der Waals surface area (Å²) in [6, 6.07) is 0. The zero-order valence-corrected chi connectivity index (χ0v) is 10.9. The van der Waals surface area contributed by atoms with E-state index in [2.05, 4.69) is 0 Å². The van der Waals surface area contributed by atoms with Gasteiger partial charge in [0.15, 0.2) is 0 Å². The van der Waals surface area contributed by atoms with E-state index in [-0.39, 0.29) is 23.8 Å². The molecule has 2 aliphatic carbocycles. The normalized spacial score (nSPS) is 39.2. The van der Waals surface area contributed by atoms with Gasteiger partial charge in [-0.3, -0.25) is 9.59 Å². The van der Waals surface area contributed by atoms with Crippen LogP contribution in [0.2, 0.25) is 0 Å². The van der Waals surface area contributed by atoms with Crippen LogP contribution in [0.5, 0.6) is 0 Å². The van der Waals surface area contributed by atoms with Crippen LogP contribution < -0.4 is 0 Å². The number of rotatable bonds is 3. The van der Waals surface area contributed by atoms with Gasteiger partial charge >= 0.3 is 5.97 Å². The number of fused-ring (bicyclic) bond motifs is 1. The van der Waals surface area contributed by atoms with Crippen molar-refractivity contribution < 1.29 is 19.4 Å². The van der Waals surface area contributed by atoms with Gasteiger partial charge in [-0.1, -0.05) is 0 Å². The predicted molar refractivity (Wildman–Crippen MR) is 65.3 cm³/mol. The Bertz CT molecular complexity index is 454. The minimum absolute atomic E-state index is 0.0241. The molecule has 19 heavy (non-hydrogen) atoms. The first-order chi connectivity index (χ1) is 9.08. The number of ether oxygens (including phenoxy) is 1. The predicted octanol–water partition coefficient (Wildman–Crippen LogP) is 0.736. The Labute approximate surface area is 111 Å². The van der Waals surface area contributed by atoms with Gasteiger partial charge in [0.1, 0.15) is 5.41 Å². The summed E-state index contributed by atoms with van der Waals surface area (Å²) in [5, 5.41) is 9.50. The molecule has 2 saturated carbocycles. The molecule has 5 heteroatoms. The molecule has 104 valence electrons. The number of likely N-dealkylation sites (tertiary alicyclic amines) is 1. The topological polar surface area (TPSA) is 66.8 Å². The lowest BCUT2D eigenvalue weighted by atomic mass is 9.81. The average Bonchev–Trinajstić information content (AvgIpc) is 3.23. The van der Waals surface area contributed by atoms with Crippen molar-refractivity contribution in [2.24, 2.45) is 22.7 Å². The van der Waals surface area contributed by atoms with Crippen molar-refractivity contribution in [3.8, 4) is 0 Å². The lowest BCUT2D eigenvalue weighted by molar-refractivity contribution is -0.150. The molecule has 0 radical (unpaired) electrons. The number of carboxylic acids is 1. The third kappa shape index (κ3) is 1.45. The van der Waals surface area contributed by atoms with Gasteiger partial charge in [0.2, 0.25) is 5.91 Å². The molecule has 5 nitrogen and oxygen atoms in total. The molecular weight excluding hydrogens is 246 g/mol. The first-order valence-corrected chi connectivity index (χ1v) is 7.19. The number of hydrogen-bond acceptors (Lipinski definition) is 3. The van der Waals surface area contributed by atoms with Crippen molar-refractivity contribution in [2.45, 2.75) is 25.7 Å². The molecule has 0 aromatic heterocycles. The zero-order valence-electron chi connectivity index (χ0n) is 10.9. The minimum atomic E-state index is -0.838. The van der Waals surface area contributed by atoms with Crippen molar-refractivity contribution in [1.82, 2.24) is 4.90 Å². The summed E-state index contributed by atoms with van der Waals surface area (Å²) < 4.78 is 5.35. The smallest absolute Gasteiger partial charge is 0.314 e. The third-order valence-corrected chi connectivity index (χ3v) is 5.66. The summed E-state index contributed by atoms with van der Waals surface area (Å²) in [6.07, 6.45) is 4.37. The van der Waals surface area contributed by atoms with Crippen LogP contribution in [0.15, 0.2) is 0 Å². The standard InChI is InChI=1S/C14H19NO4/c16-11(13(3-4-13)9-1-2-9)15-5-10-6-19-8-14(10,7-15)12(17)18/h9-10H,1-8H2,(H,17,18)/t10-,14-/m1/s1. The Morgan fingerprint density at radius 2 is 1.89 bits per heavy atom. The molecule has 4 fully saturated rings. The molecule has 4 aliphatic rings. The lowest BCUT2D eigenvalue weighted by Gasteiger charge is -2.25. The van der Waals surface area contributed by atoms with Gasteiger partial charge in [0.25, 0.3) is 0 Å². The van der Waals surface area contributed by atoms with E-state index in [9.17, 15) is 14.7 Å². The molecule has 0 aromatic rings. The quantitative estimate of drug-likeness (QED) is 0.817. The van der Waals surface area contributed by atoms with E-state index in [1.54, 1.807) is 0 Å². The van der Waals surface area contributed by atoms with Gasteiger partial charge in [-0.15, -0.1) is 0 Å². The first-order valence-electron chi connectivity index (χ1n) is 7.19. The van der Waals surface area contributed by atoms with Crippen LogP contribution in [-0.2, 0) is 14.3 Å². The summed E-state index contributed by atoms with van der Waals surface area (Å²) in [7, 11) is 0. The highest BCUT2D eigenvalue weighted by Gasteiger charge is 2.64. The number of amides is 1. The second-order valence-electron chi connectivity index (χ2n) is 6.79. The Hall–Kier alpha value is -1.10. The Balaban J connectivity index is 1.55. The largest absolute Gasteiger partial charge is 0.481 e. The number of nitrogens with zero attached hydrogens (tertiary/aromatic N) is 1. The maximum Gasteiger partial charge on any atom is 0.314 e. The average molecular weight is 265 g/mol. The third-order valence-electron chi connectivity index (χ3n) is 5.66. The van der Waals surface area contributed by atoms with E-state index in [4.69, 9.17) is 4.74 Å². The molecule has 2 atom stereocenters. The monoisotopic (exact) mass is 265 g/mol. The summed E-state index contributed by atoms with van der Waals surface area (Å²) in [6.45, 7) is 1.65. The summed E-state index contributed by atoms with van der Waals surface area (Å²) in [5.41, 5.74) is -0.936. The molecule has 0 aromatic carbocycles. The van der Waals surface area contributed by atoms with E-state index < -0.39 is 11.4 Å². The molecule has 2 saturated heterocycles. The number of carbonyl (C=O) groups is 2. The SMILES string of the molecule is O=C(N1C[C@@H]2COC[C@]2(C(=O)O)C1)C1(C2CC2)CC1. The van der Waals surface area contributed by atoms with Crippen LogP contribution in [0, 0.1) is 22.7 Å². The summed E-state index contributed by atoms with van der Waals surface area (Å²) >= 11 is 0. The lowest BCUT2D eigenvalue weighted by Crippen LogP contribution is -2.42. The fourth-order valence-electron chi connectivity index (χ4n) is 4.07. The van der Waals surface area contributed by atoms with Crippen LogP contribution in [0.1, 0.15) is 25.7 Å². The van der Waals surface area contributed by atoms with E-state index >= 15 is 0 Å². The highest BCUT2D eigenvalue weighted by molar-refractivity contribution is 5.88. The second kappa shape index (κ2) is 3.51. The Morgan fingerprint density at radius 3 is 2.42 bits per heavy atom. The summed E-state index contributed by atoms with van der Waals surface area (Å²) in [4.78, 5) is 26.1. The Kier molecular flexibility index (Phi) is 2.16. The number of hydrogen-bond donors (Lipinski definition) is 1. The minimum Gasteiger partial charge on any atom is -0.481 e. The van der Waals surface area contributed by atoms with Crippen LogP contribution in [0.3, 0.4) is 0 Å². The number of carbonyl (C=O) groups excluding carboxylic acids is 1. The van der Waals surface area contributed by atoms with Gasteiger partial charge in [-0.05, 0) is 31.6 Å². The van der Waals surface area contributed by atoms with Crippen molar-refractivity contribution in [1.29, 1.82) is 0 Å². The molecule has 0 bridgehead atoms. The first kappa shape index (κ1) is 11.7. The van der Waals surface area contributed by atoms with E-state index in [0.29, 0.717) is 25.6 Å². The molecule has 4 rings (SSSR count). The fraction of sp³-hybridized carbons (Fsp3) is 0.857. The molecular formula is C14H19NO4. The molecule has 0 unspecified atom stereocenters. The fourth-order valence-corrected chi connectivity index (χ4v) is 4.07. The molecule has 0 spiro atoms. The number of carboxylic acid groups (broad SMARTS) is 1. The highest BCUT2D eigenvalue weighted by atomic mass is 16.5. The second-order valence-corrected chi connectivity index (χ2v) is 6.79. The van der Waals surface area contributed by atoms with Crippen molar-refractivity contribution >= 4 is 11.9 Å². The van der Waals surface area contributed by atoms with E-state index in [0.717, 1.165) is 12.8 Å². The van der Waals surface area contributed by atoms with Crippen molar-refractivity contribution in [3.63, 3.8) is 0 Å². The van der Waals surface area contributed by atoms with Crippen molar-refractivity contribution in [2.75, 3.05) is 26.3 Å². The maximum atomic E-state index is 12.7. The van der Waals surface area contributed by atoms with Crippen LogP contribution >= 0.6 is 0 Å². The van der Waals surface area contributed by atoms with Crippen LogP contribution in [-0.4, -0.2) is 48.2 Å². The van der Waals surface area contributed by atoms with Gasteiger partial charge in [-0.2, -0.15) is 0 Å². The highest BCUT2D eigenvalue weighted by Crippen LogP contribution is 2.62. The summed E-state index contributed by atoms with van der Waals surface area (Å²) in [5.74, 6) is -0.0204. The van der Waals surface area contributed by atoms with E-state index in [1.165, 1.54) is 12.8 Å². The van der Waals surface area contributed by atoms with Gasteiger partial charge < -0.3 is 14.7 Å². The Morgan fingerprint density at radius 1 is 1.16 bits per heavy atom. The molecule has 1 amide bonds. The molecule has 2 heterocycles. The van der Waals surface area contributed by atoms with Crippen LogP contribution in [0.25, 0.3) is 0 Å².